The summed E-state index contributed by atoms with van der Waals surface area (Å²) in [6.45, 7) is 0.555. The second-order valence-electron chi connectivity index (χ2n) is 8.06. The molecule has 31 heavy (non-hydrogen) atoms. The molecule has 0 radical (unpaired) electrons. The summed E-state index contributed by atoms with van der Waals surface area (Å²) in [5.41, 5.74) is 3.89. The highest BCUT2D eigenvalue weighted by Gasteiger charge is 2.44. The topological polar surface area (TPSA) is 60.7 Å². The van der Waals surface area contributed by atoms with Crippen LogP contribution in [0.3, 0.4) is 0 Å². The third-order valence-electron chi connectivity index (χ3n) is 6.46. The molecule has 3 heterocycles. The number of para-hydroxylation sites is 1. The van der Waals surface area contributed by atoms with E-state index in [0.717, 1.165) is 33.6 Å². The summed E-state index contributed by atoms with van der Waals surface area (Å²) in [6.07, 6.45) is 0. The van der Waals surface area contributed by atoms with Crippen LogP contribution in [0.15, 0.2) is 82.0 Å². The van der Waals surface area contributed by atoms with Crippen molar-refractivity contribution in [3.63, 3.8) is 0 Å². The normalized spacial score (nSPS) is 21.3. The number of fused-ring (bicyclic) bond motifs is 6. The second-order valence-corrected chi connectivity index (χ2v) is 8.06. The molecule has 0 amide bonds. The smallest absolute Gasteiger partial charge is 0.360 e. The molecule has 5 nitrogen and oxygen atoms in total. The molecule has 0 bridgehead atoms. The number of rotatable bonds is 2. The van der Waals surface area contributed by atoms with Gasteiger partial charge in [0.15, 0.2) is 0 Å². The molecule has 1 N–H and O–H groups in total. The quantitative estimate of drug-likeness (QED) is 0.465. The first-order valence-electron chi connectivity index (χ1n) is 10.4. The van der Waals surface area contributed by atoms with E-state index in [4.69, 9.17) is 13.9 Å². The summed E-state index contributed by atoms with van der Waals surface area (Å²) >= 11 is 0. The fourth-order valence-electron chi connectivity index (χ4n) is 5.09. The van der Waals surface area contributed by atoms with Crippen LogP contribution in [-0.2, 0) is 0 Å². The molecule has 0 unspecified atom stereocenters. The SMILES string of the molecule is COc1ccc2oc(=O)c3c(c2c1)[C@@H](c1ccccc1)[C@@H]1COc2ccccc2[C@H]1N3. The van der Waals surface area contributed by atoms with Crippen molar-refractivity contribution in [2.45, 2.75) is 12.0 Å². The average molecular weight is 411 g/mol. The van der Waals surface area contributed by atoms with Crippen molar-refractivity contribution >= 4 is 16.7 Å². The summed E-state index contributed by atoms with van der Waals surface area (Å²) in [7, 11) is 1.64. The van der Waals surface area contributed by atoms with Crippen LogP contribution < -0.4 is 20.4 Å². The van der Waals surface area contributed by atoms with E-state index >= 15 is 0 Å². The highest BCUT2D eigenvalue weighted by atomic mass is 16.5. The zero-order valence-corrected chi connectivity index (χ0v) is 17.0. The minimum atomic E-state index is -0.351. The van der Waals surface area contributed by atoms with Gasteiger partial charge < -0.3 is 19.2 Å². The summed E-state index contributed by atoms with van der Waals surface area (Å²) in [5, 5.41) is 4.41. The Morgan fingerprint density at radius 3 is 2.65 bits per heavy atom. The second kappa shape index (κ2) is 6.91. The molecule has 2 aliphatic heterocycles. The maximum atomic E-state index is 13.1. The van der Waals surface area contributed by atoms with Gasteiger partial charge in [-0.05, 0) is 29.8 Å². The molecule has 0 fully saturated rings. The van der Waals surface area contributed by atoms with Crippen molar-refractivity contribution in [1.29, 1.82) is 0 Å². The minimum absolute atomic E-state index is 0.0329. The van der Waals surface area contributed by atoms with Gasteiger partial charge >= 0.3 is 5.63 Å². The van der Waals surface area contributed by atoms with Gasteiger partial charge in [0.25, 0.3) is 0 Å². The van der Waals surface area contributed by atoms with Crippen LogP contribution in [0.2, 0.25) is 0 Å². The molecule has 3 atom stereocenters. The summed E-state index contributed by atoms with van der Waals surface area (Å²) < 4.78 is 17.4. The van der Waals surface area contributed by atoms with Crippen LogP contribution in [0.4, 0.5) is 5.69 Å². The van der Waals surface area contributed by atoms with E-state index in [-0.39, 0.29) is 23.5 Å². The first kappa shape index (κ1) is 18.1. The Hall–Kier alpha value is -3.73. The van der Waals surface area contributed by atoms with Gasteiger partial charge in [0.2, 0.25) is 0 Å². The molecule has 0 aliphatic carbocycles. The molecule has 154 valence electrons. The monoisotopic (exact) mass is 411 g/mol. The van der Waals surface area contributed by atoms with E-state index in [0.29, 0.717) is 17.9 Å². The Kier molecular flexibility index (Phi) is 4.03. The van der Waals surface area contributed by atoms with Gasteiger partial charge in [-0.1, -0.05) is 48.5 Å². The molecular formula is C26H21NO4. The maximum Gasteiger partial charge on any atom is 0.360 e. The molecule has 0 saturated carbocycles. The van der Waals surface area contributed by atoms with Crippen molar-refractivity contribution in [2.24, 2.45) is 5.92 Å². The summed E-state index contributed by atoms with van der Waals surface area (Å²) in [5.74, 6) is 1.66. The number of hydrogen-bond donors (Lipinski definition) is 1. The number of nitrogens with one attached hydrogen (secondary N) is 1. The molecule has 0 spiro atoms. The summed E-state index contributed by atoms with van der Waals surface area (Å²) in [6, 6.07) is 23.9. The predicted octanol–water partition coefficient (Wildman–Crippen LogP) is 5.11. The molecule has 1 aromatic heterocycles. The molecule has 2 aliphatic rings. The molecule has 4 aromatic rings. The minimum Gasteiger partial charge on any atom is -0.497 e. The van der Waals surface area contributed by atoms with Gasteiger partial charge in [0.1, 0.15) is 22.8 Å². The largest absolute Gasteiger partial charge is 0.497 e. The fraction of sp³-hybridized carbons (Fsp3) is 0.192. The van der Waals surface area contributed by atoms with E-state index in [1.807, 2.05) is 48.5 Å². The maximum absolute atomic E-state index is 13.1. The van der Waals surface area contributed by atoms with Crippen molar-refractivity contribution in [3.05, 3.63) is 99.9 Å². The van der Waals surface area contributed by atoms with Crippen molar-refractivity contribution in [2.75, 3.05) is 19.0 Å². The highest BCUT2D eigenvalue weighted by molar-refractivity contribution is 5.88. The Bertz CT molecular complexity index is 1340. The molecule has 5 heteroatoms. The average Bonchev–Trinajstić information content (AvgIpc) is 2.83. The number of ether oxygens (including phenoxy) is 2. The first-order chi connectivity index (χ1) is 15.2. The van der Waals surface area contributed by atoms with Crippen LogP contribution in [0, 0.1) is 5.92 Å². The molecular weight excluding hydrogens is 390 g/mol. The lowest BCUT2D eigenvalue weighted by atomic mass is 9.71. The zero-order valence-electron chi connectivity index (χ0n) is 17.0. The van der Waals surface area contributed by atoms with Crippen LogP contribution in [0.5, 0.6) is 11.5 Å². The van der Waals surface area contributed by atoms with Crippen molar-refractivity contribution < 1.29 is 13.9 Å². The van der Waals surface area contributed by atoms with Crippen LogP contribution >= 0.6 is 0 Å². The Morgan fingerprint density at radius 2 is 1.81 bits per heavy atom. The lowest BCUT2D eigenvalue weighted by Crippen LogP contribution is -2.40. The number of benzene rings is 3. The fourth-order valence-corrected chi connectivity index (χ4v) is 5.09. The van der Waals surface area contributed by atoms with E-state index in [1.54, 1.807) is 13.2 Å². The van der Waals surface area contributed by atoms with E-state index in [2.05, 4.69) is 23.5 Å². The number of methoxy groups -OCH3 is 1. The third-order valence-corrected chi connectivity index (χ3v) is 6.46. The van der Waals surface area contributed by atoms with Gasteiger partial charge in [-0.15, -0.1) is 0 Å². The Balaban J connectivity index is 1.67. The lowest BCUT2D eigenvalue weighted by Gasteiger charge is -2.43. The predicted molar refractivity (Wildman–Crippen MR) is 119 cm³/mol. The van der Waals surface area contributed by atoms with E-state index < -0.39 is 0 Å². The highest BCUT2D eigenvalue weighted by Crippen LogP contribution is 2.52. The van der Waals surface area contributed by atoms with Crippen molar-refractivity contribution in [3.8, 4) is 11.5 Å². The lowest BCUT2D eigenvalue weighted by molar-refractivity contribution is 0.183. The van der Waals surface area contributed by atoms with Crippen LogP contribution in [0.25, 0.3) is 11.0 Å². The van der Waals surface area contributed by atoms with Gasteiger partial charge in [0, 0.05) is 28.3 Å². The zero-order chi connectivity index (χ0) is 20.9. The van der Waals surface area contributed by atoms with Crippen LogP contribution in [0.1, 0.15) is 28.7 Å². The molecule has 0 saturated heterocycles. The van der Waals surface area contributed by atoms with Gasteiger partial charge in [-0.2, -0.15) is 0 Å². The van der Waals surface area contributed by atoms with Crippen LogP contribution in [-0.4, -0.2) is 13.7 Å². The van der Waals surface area contributed by atoms with E-state index in [1.165, 1.54) is 0 Å². The standard InChI is InChI=1S/C26H21NO4/c1-29-16-11-12-21-18(13-16)23-22(15-7-3-2-4-8-15)19-14-30-20-10-6-5-9-17(20)24(19)27-25(23)26(28)31-21/h2-13,19,22,24,27H,14H2,1H3/t19-,22-,24+/m0/s1. The molecule has 6 rings (SSSR count). The van der Waals surface area contributed by atoms with Gasteiger partial charge in [-0.25, -0.2) is 4.79 Å². The Labute approximate surface area is 179 Å². The number of hydrogen-bond acceptors (Lipinski definition) is 5. The number of anilines is 1. The van der Waals surface area contributed by atoms with Crippen molar-refractivity contribution in [1.82, 2.24) is 0 Å². The Morgan fingerprint density at radius 1 is 1.00 bits per heavy atom. The summed E-state index contributed by atoms with van der Waals surface area (Å²) in [4.78, 5) is 13.1. The first-order valence-corrected chi connectivity index (χ1v) is 10.4. The van der Waals surface area contributed by atoms with E-state index in [9.17, 15) is 4.79 Å². The van der Waals surface area contributed by atoms with Gasteiger partial charge in [-0.3, -0.25) is 0 Å². The van der Waals surface area contributed by atoms with Gasteiger partial charge in [0.05, 0.1) is 19.8 Å². The third kappa shape index (κ3) is 2.73. The molecule has 3 aromatic carbocycles.